The van der Waals surface area contributed by atoms with Gasteiger partial charge in [-0.15, -0.1) is 0 Å². The number of rotatable bonds is 1. The van der Waals surface area contributed by atoms with Crippen LogP contribution >= 0.6 is 0 Å². The number of carbonyl (C=O) groups is 1. The van der Waals surface area contributed by atoms with E-state index >= 15 is 0 Å². The Morgan fingerprint density at radius 2 is 2.06 bits per heavy atom. The zero-order chi connectivity index (χ0) is 11.8. The van der Waals surface area contributed by atoms with Gasteiger partial charge in [-0.25, -0.2) is 0 Å². The quantitative estimate of drug-likeness (QED) is 0.737. The molecule has 4 nitrogen and oxygen atoms in total. The van der Waals surface area contributed by atoms with Crippen LogP contribution in [0.3, 0.4) is 0 Å². The molecule has 0 aliphatic carbocycles. The molecule has 1 saturated heterocycles. The summed E-state index contributed by atoms with van der Waals surface area (Å²) in [6.07, 6.45) is 5.58. The first-order valence-corrected chi connectivity index (χ1v) is 6.25. The molecule has 4 heteroatoms. The summed E-state index contributed by atoms with van der Waals surface area (Å²) in [5.41, 5.74) is 1.70. The Hall–Kier alpha value is -1.42. The zero-order valence-electron chi connectivity index (χ0n) is 10.1. The minimum atomic E-state index is 0.0546. The molecule has 1 aromatic rings. The van der Waals surface area contributed by atoms with E-state index in [0.29, 0.717) is 0 Å². The number of likely N-dealkylation sites (tertiary alicyclic amines) is 1. The molecule has 0 bridgehead atoms. The Labute approximate surface area is 101 Å². The maximum absolute atomic E-state index is 12.1. The molecule has 1 unspecified atom stereocenters. The van der Waals surface area contributed by atoms with Crippen molar-refractivity contribution in [3.8, 4) is 0 Å². The lowest BCUT2D eigenvalue weighted by molar-refractivity contribution is 0.0416. The summed E-state index contributed by atoms with van der Waals surface area (Å²) in [7, 11) is 1.88. The molecule has 0 N–H and O–H groups in total. The fraction of sp³-hybridized carbons (Fsp3) is 0.538. The van der Waals surface area contributed by atoms with E-state index in [9.17, 15) is 4.79 Å². The smallest absolute Gasteiger partial charge is 0.257 e. The Kier molecular flexibility index (Phi) is 2.59. The summed E-state index contributed by atoms with van der Waals surface area (Å²) in [5, 5.41) is 0. The van der Waals surface area contributed by atoms with Crippen LogP contribution in [-0.2, 0) is 0 Å². The van der Waals surface area contributed by atoms with Crippen LogP contribution in [0, 0.1) is 0 Å². The first-order chi connectivity index (χ1) is 8.29. The van der Waals surface area contributed by atoms with Gasteiger partial charge >= 0.3 is 0 Å². The standard InChI is InChI=1S/C13H17N3O/c1-15-12(16-8-3-2-4-9-16)11-10(13(15)17)6-5-7-14-11/h5-7,12H,2-4,8-9H2,1H3. The highest BCUT2D eigenvalue weighted by Crippen LogP contribution is 2.34. The summed E-state index contributed by atoms with van der Waals surface area (Å²) in [5.74, 6) is 0.101. The molecule has 0 radical (unpaired) electrons. The molecule has 3 heterocycles. The molecule has 0 saturated carbocycles. The first-order valence-electron chi connectivity index (χ1n) is 6.25. The largest absolute Gasteiger partial charge is 0.320 e. The summed E-state index contributed by atoms with van der Waals surface area (Å²) in [6.45, 7) is 2.14. The molecular weight excluding hydrogens is 214 g/mol. The molecule has 90 valence electrons. The Bertz CT molecular complexity index is 440. The van der Waals surface area contributed by atoms with Crippen molar-refractivity contribution in [1.82, 2.24) is 14.8 Å². The van der Waals surface area contributed by atoms with E-state index in [1.54, 1.807) is 6.20 Å². The van der Waals surface area contributed by atoms with Gasteiger partial charge in [-0.2, -0.15) is 0 Å². The van der Waals surface area contributed by atoms with Gasteiger partial charge in [-0.1, -0.05) is 6.42 Å². The molecule has 1 fully saturated rings. The molecule has 1 aromatic heterocycles. The normalized spacial score (nSPS) is 25.1. The molecule has 2 aliphatic rings. The SMILES string of the molecule is CN1C(=O)c2cccnc2C1N1CCCCC1. The van der Waals surface area contributed by atoms with Crippen LogP contribution < -0.4 is 0 Å². The van der Waals surface area contributed by atoms with Crippen LogP contribution in [0.25, 0.3) is 0 Å². The van der Waals surface area contributed by atoms with E-state index in [2.05, 4.69) is 9.88 Å². The highest BCUT2D eigenvalue weighted by atomic mass is 16.2. The van der Waals surface area contributed by atoms with Gasteiger partial charge < -0.3 is 4.90 Å². The van der Waals surface area contributed by atoms with Crippen molar-refractivity contribution < 1.29 is 4.79 Å². The maximum Gasteiger partial charge on any atom is 0.257 e. The lowest BCUT2D eigenvalue weighted by Gasteiger charge is -2.35. The average Bonchev–Trinajstić information content (AvgIpc) is 2.64. The molecule has 0 aromatic carbocycles. The number of carbonyl (C=O) groups excluding carboxylic acids is 1. The number of hydrogen-bond donors (Lipinski definition) is 0. The third-order valence-electron chi connectivity index (χ3n) is 3.74. The fourth-order valence-corrected chi connectivity index (χ4v) is 2.87. The van der Waals surface area contributed by atoms with Crippen LogP contribution in [0.1, 0.15) is 41.5 Å². The molecule has 3 rings (SSSR count). The molecule has 17 heavy (non-hydrogen) atoms. The number of aromatic nitrogens is 1. The van der Waals surface area contributed by atoms with E-state index in [1.165, 1.54) is 19.3 Å². The number of pyridine rings is 1. The van der Waals surface area contributed by atoms with E-state index in [-0.39, 0.29) is 12.1 Å². The second-order valence-electron chi connectivity index (χ2n) is 4.82. The fourth-order valence-electron chi connectivity index (χ4n) is 2.87. The minimum absolute atomic E-state index is 0.0546. The van der Waals surface area contributed by atoms with Crippen LogP contribution in [0.15, 0.2) is 18.3 Å². The van der Waals surface area contributed by atoms with Crippen molar-refractivity contribution >= 4 is 5.91 Å². The summed E-state index contributed by atoms with van der Waals surface area (Å²) < 4.78 is 0. The maximum atomic E-state index is 12.1. The van der Waals surface area contributed by atoms with Gasteiger partial charge in [-0.3, -0.25) is 14.7 Å². The first kappa shape index (κ1) is 10.7. The van der Waals surface area contributed by atoms with Crippen molar-refractivity contribution in [3.63, 3.8) is 0 Å². The minimum Gasteiger partial charge on any atom is -0.320 e. The number of amides is 1. The average molecular weight is 231 g/mol. The number of piperidine rings is 1. The Morgan fingerprint density at radius 1 is 1.29 bits per heavy atom. The second-order valence-corrected chi connectivity index (χ2v) is 4.82. The summed E-state index contributed by atoms with van der Waals surface area (Å²) >= 11 is 0. The highest BCUT2D eigenvalue weighted by Gasteiger charge is 2.39. The zero-order valence-corrected chi connectivity index (χ0v) is 10.1. The Morgan fingerprint density at radius 3 is 2.82 bits per heavy atom. The van der Waals surface area contributed by atoms with Crippen molar-refractivity contribution in [2.45, 2.75) is 25.4 Å². The van der Waals surface area contributed by atoms with Crippen molar-refractivity contribution in [1.29, 1.82) is 0 Å². The lowest BCUT2D eigenvalue weighted by Crippen LogP contribution is -2.40. The van der Waals surface area contributed by atoms with Gasteiger partial charge in [0.2, 0.25) is 0 Å². The lowest BCUT2D eigenvalue weighted by atomic mass is 10.1. The monoisotopic (exact) mass is 231 g/mol. The van der Waals surface area contributed by atoms with Crippen LogP contribution in [0.2, 0.25) is 0 Å². The molecule has 0 spiro atoms. The van der Waals surface area contributed by atoms with E-state index in [1.807, 2.05) is 24.1 Å². The van der Waals surface area contributed by atoms with Gasteiger partial charge in [0.15, 0.2) is 0 Å². The second kappa shape index (κ2) is 4.11. The number of fused-ring (bicyclic) bond motifs is 1. The van der Waals surface area contributed by atoms with Crippen LogP contribution in [0.4, 0.5) is 0 Å². The van der Waals surface area contributed by atoms with Crippen molar-refractivity contribution in [2.75, 3.05) is 20.1 Å². The molecular formula is C13H17N3O. The van der Waals surface area contributed by atoms with Gasteiger partial charge in [0.05, 0.1) is 11.3 Å². The summed E-state index contributed by atoms with van der Waals surface area (Å²) in [4.78, 5) is 20.7. The van der Waals surface area contributed by atoms with Gasteiger partial charge in [-0.05, 0) is 25.0 Å². The van der Waals surface area contributed by atoms with Gasteiger partial charge in [0.1, 0.15) is 6.17 Å². The van der Waals surface area contributed by atoms with Crippen LogP contribution in [0.5, 0.6) is 0 Å². The van der Waals surface area contributed by atoms with E-state index in [0.717, 1.165) is 24.3 Å². The number of hydrogen-bond acceptors (Lipinski definition) is 3. The molecule has 1 atom stereocenters. The number of nitrogens with zero attached hydrogens (tertiary/aromatic N) is 3. The third kappa shape index (κ3) is 1.63. The van der Waals surface area contributed by atoms with Crippen LogP contribution in [-0.4, -0.2) is 40.8 Å². The highest BCUT2D eigenvalue weighted by molar-refractivity contribution is 5.98. The van der Waals surface area contributed by atoms with Gasteiger partial charge in [0, 0.05) is 26.3 Å². The molecule has 2 aliphatic heterocycles. The van der Waals surface area contributed by atoms with Crippen molar-refractivity contribution in [3.05, 3.63) is 29.6 Å². The molecule has 1 amide bonds. The van der Waals surface area contributed by atoms with E-state index in [4.69, 9.17) is 0 Å². The Balaban J connectivity index is 1.96. The van der Waals surface area contributed by atoms with Crippen molar-refractivity contribution in [2.24, 2.45) is 0 Å². The topological polar surface area (TPSA) is 36.4 Å². The predicted molar refractivity (Wildman–Crippen MR) is 64.5 cm³/mol. The third-order valence-corrected chi connectivity index (χ3v) is 3.74. The predicted octanol–water partition coefficient (Wildman–Crippen LogP) is 1.65. The van der Waals surface area contributed by atoms with E-state index < -0.39 is 0 Å². The van der Waals surface area contributed by atoms with Gasteiger partial charge in [0.25, 0.3) is 5.91 Å². The summed E-state index contributed by atoms with van der Waals surface area (Å²) in [6, 6.07) is 3.72.